The van der Waals surface area contributed by atoms with E-state index in [1.807, 2.05) is 24.4 Å². The maximum Gasteiger partial charge on any atom is 0.118 e. The van der Waals surface area contributed by atoms with Crippen LogP contribution >= 0.6 is 0 Å². The summed E-state index contributed by atoms with van der Waals surface area (Å²) in [5, 5.41) is 0. The number of benzene rings is 1. The van der Waals surface area contributed by atoms with Crippen molar-refractivity contribution in [2.24, 2.45) is 5.84 Å². The van der Waals surface area contributed by atoms with Crippen molar-refractivity contribution in [1.29, 1.82) is 0 Å². The Hall–Kier alpha value is -1.91. The van der Waals surface area contributed by atoms with Gasteiger partial charge in [-0.1, -0.05) is 18.2 Å². The molecule has 1 aliphatic carbocycles. The lowest BCUT2D eigenvalue weighted by atomic mass is 9.80. The number of hydrogen-bond acceptors (Lipinski definition) is 4. The molecule has 21 heavy (non-hydrogen) atoms. The van der Waals surface area contributed by atoms with E-state index in [2.05, 4.69) is 28.6 Å². The van der Waals surface area contributed by atoms with Crippen molar-refractivity contribution in [2.75, 3.05) is 7.11 Å². The number of fused-ring (bicyclic) bond motifs is 1. The van der Waals surface area contributed by atoms with Crippen LogP contribution in [0.2, 0.25) is 0 Å². The van der Waals surface area contributed by atoms with E-state index in [1.165, 1.54) is 23.2 Å². The molecule has 2 atom stereocenters. The summed E-state index contributed by atoms with van der Waals surface area (Å²) in [7, 11) is 1.68. The van der Waals surface area contributed by atoms with E-state index in [-0.39, 0.29) is 6.04 Å². The normalized spacial score (nSPS) is 18.9. The minimum atomic E-state index is 0.0739. The summed E-state index contributed by atoms with van der Waals surface area (Å²) in [4.78, 5) is 4.61. The van der Waals surface area contributed by atoms with Gasteiger partial charge in [0.2, 0.25) is 0 Å². The van der Waals surface area contributed by atoms with Gasteiger partial charge >= 0.3 is 0 Å². The van der Waals surface area contributed by atoms with Crippen LogP contribution in [0.15, 0.2) is 42.6 Å². The van der Waals surface area contributed by atoms with Crippen LogP contribution in [0.4, 0.5) is 0 Å². The smallest absolute Gasteiger partial charge is 0.118 e. The van der Waals surface area contributed by atoms with Crippen LogP contribution in [0.3, 0.4) is 0 Å². The first-order chi connectivity index (χ1) is 10.3. The first kappa shape index (κ1) is 14.0. The molecule has 2 unspecified atom stereocenters. The lowest BCUT2D eigenvalue weighted by Crippen LogP contribution is -2.34. The second-order valence-electron chi connectivity index (χ2n) is 5.46. The van der Waals surface area contributed by atoms with E-state index in [9.17, 15) is 0 Å². The fourth-order valence-electron chi connectivity index (χ4n) is 3.23. The van der Waals surface area contributed by atoms with Gasteiger partial charge in [0.25, 0.3) is 0 Å². The van der Waals surface area contributed by atoms with Crippen LogP contribution < -0.4 is 16.0 Å². The fourth-order valence-corrected chi connectivity index (χ4v) is 3.23. The van der Waals surface area contributed by atoms with E-state index in [4.69, 9.17) is 10.6 Å². The zero-order valence-corrected chi connectivity index (χ0v) is 12.3. The van der Waals surface area contributed by atoms with E-state index >= 15 is 0 Å². The Balaban J connectivity index is 1.93. The molecule has 0 radical (unpaired) electrons. The number of hydrazine groups is 1. The van der Waals surface area contributed by atoms with Crippen molar-refractivity contribution in [2.45, 2.75) is 31.2 Å². The van der Waals surface area contributed by atoms with Crippen LogP contribution in [0.5, 0.6) is 5.75 Å². The third kappa shape index (κ3) is 2.77. The molecule has 0 bridgehead atoms. The minimum Gasteiger partial charge on any atom is -0.497 e. The summed E-state index contributed by atoms with van der Waals surface area (Å²) >= 11 is 0. The van der Waals surface area contributed by atoms with Crippen molar-refractivity contribution in [3.8, 4) is 5.75 Å². The molecule has 1 aromatic carbocycles. The second kappa shape index (κ2) is 6.24. The molecule has 110 valence electrons. The molecular formula is C17H21N3O. The van der Waals surface area contributed by atoms with Gasteiger partial charge in [-0.25, -0.2) is 0 Å². The maximum absolute atomic E-state index is 5.85. The molecule has 0 saturated carbocycles. The van der Waals surface area contributed by atoms with Gasteiger partial charge in [0.1, 0.15) is 5.75 Å². The van der Waals surface area contributed by atoms with E-state index in [0.717, 1.165) is 18.6 Å². The topological polar surface area (TPSA) is 60.2 Å². The Morgan fingerprint density at radius 3 is 2.81 bits per heavy atom. The molecule has 3 rings (SSSR count). The Bertz CT molecular complexity index is 597. The largest absolute Gasteiger partial charge is 0.497 e. The Labute approximate surface area is 125 Å². The minimum absolute atomic E-state index is 0.0739. The van der Waals surface area contributed by atoms with E-state index in [1.54, 1.807) is 7.11 Å². The van der Waals surface area contributed by atoms with Crippen molar-refractivity contribution in [3.63, 3.8) is 0 Å². The standard InChI is InChI=1S/C17H21N3O/c1-21-14-9-7-13(8-10-14)17(20-18)15-6-2-4-12-5-3-11-19-16(12)15/h3,5,7-11,15,17,20H,2,4,6,18H2,1H3. The summed E-state index contributed by atoms with van der Waals surface area (Å²) in [5.74, 6) is 7.03. The van der Waals surface area contributed by atoms with E-state index in [0.29, 0.717) is 5.92 Å². The highest BCUT2D eigenvalue weighted by molar-refractivity contribution is 5.34. The maximum atomic E-state index is 5.85. The van der Waals surface area contributed by atoms with Crippen LogP contribution in [0, 0.1) is 0 Å². The first-order valence-corrected chi connectivity index (χ1v) is 7.37. The molecule has 0 spiro atoms. The Kier molecular flexibility index (Phi) is 4.18. The number of hydrogen-bond donors (Lipinski definition) is 2. The third-order valence-corrected chi connectivity index (χ3v) is 4.30. The van der Waals surface area contributed by atoms with Gasteiger partial charge in [-0.3, -0.25) is 16.3 Å². The molecule has 1 heterocycles. The molecule has 0 amide bonds. The van der Waals surface area contributed by atoms with Crippen LogP contribution in [-0.4, -0.2) is 12.1 Å². The van der Waals surface area contributed by atoms with Crippen LogP contribution in [-0.2, 0) is 6.42 Å². The summed E-state index contributed by atoms with van der Waals surface area (Å²) in [5.41, 5.74) is 6.69. The molecule has 3 N–H and O–H groups in total. The summed E-state index contributed by atoms with van der Waals surface area (Å²) in [6.07, 6.45) is 5.26. The molecule has 1 aliphatic rings. The van der Waals surface area contributed by atoms with Crippen molar-refractivity contribution >= 4 is 0 Å². The average Bonchev–Trinajstić information content (AvgIpc) is 2.56. The lowest BCUT2D eigenvalue weighted by molar-refractivity contribution is 0.397. The van der Waals surface area contributed by atoms with Crippen LogP contribution in [0.1, 0.15) is 41.6 Å². The molecule has 0 fully saturated rings. The summed E-state index contributed by atoms with van der Waals surface area (Å²) in [6, 6.07) is 12.4. The second-order valence-corrected chi connectivity index (χ2v) is 5.46. The SMILES string of the molecule is COc1ccc(C(NN)C2CCCc3cccnc32)cc1. The number of pyridine rings is 1. The lowest BCUT2D eigenvalue weighted by Gasteiger charge is -2.31. The monoisotopic (exact) mass is 283 g/mol. The molecule has 0 aliphatic heterocycles. The summed E-state index contributed by atoms with van der Waals surface area (Å²) in [6.45, 7) is 0. The predicted octanol–water partition coefficient (Wildman–Crippen LogP) is 2.71. The number of aromatic nitrogens is 1. The Morgan fingerprint density at radius 1 is 1.29 bits per heavy atom. The van der Waals surface area contributed by atoms with Crippen molar-refractivity contribution in [3.05, 3.63) is 59.4 Å². The molecule has 4 nitrogen and oxygen atoms in total. The highest BCUT2D eigenvalue weighted by atomic mass is 16.5. The third-order valence-electron chi connectivity index (χ3n) is 4.30. The fraction of sp³-hybridized carbons (Fsp3) is 0.353. The van der Waals surface area contributed by atoms with Crippen LogP contribution in [0.25, 0.3) is 0 Å². The highest BCUT2D eigenvalue weighted by Crippen LogP contribution is 2.39. The van der Waals surface area contributed by atoms with Gasteiger partial charge in [-0.2, -0.15) is 0 Å². The molecule has 0 saturated heterocycles. The predicted molar refractivity (Wildman–Crippen MR) is 83.0 cm³/mol. The van der Waals surface area contributed by atoms with Gasteiger partial charge in [-0.15, -0.1) is 0 Å². The van der Waals surface area contributed by atoms with Gasteiger partial charge < -0.3 is 4.74 Å². The first-order valence-electron chi connectivity index (χ1n) is 7.37. The molecule has 4 heteroatoms. The number of ether oxygens (including phenoxy) is 1. The molecule has 2 aromatic rings. The summed E-state index contributed by atoms with van der Waals surface area (Å²) < 4.78 is 5.22. The van der Waals surface area contributed by atoms with Gasteiger partial charge in [-0.05, 0) is 48.6 Å². The molecular weight excluding hydrogens is 262 g/mol. The zero-order chi connectivity index (χ0) is 14.7. The molecule has 1 aromatic heterocycles. The zero-order valence-electron chi connectivity index (χ0n) is 12.3. The van der Waals surface area contributed by atoms with Gasteiger partial charge in [0.15, 0.2) is 0 Å². The quantitative estimate of drug-likeness (QED) is 0.669. The number of rotatable bonds is 4. The Morgan fingerprint density at radius 2 is 2.10 bits per heavy atom. The number of methoxy groups -OCH3 is 1. The van der Waals surface area contributed by atoms with Gasteiger partial charge in [0.05, 0.1) is 13.2 Å². The number of aryl methyl sites for hydroxylation is 1. The van der Waals surface area contributed by atoms with Crippen molar-refractivity contribution in [1.82, 2.24) is 10.4 Å². The van der Waals surface area contributed by atoms with E-state index < -0.39 is 0 Å². The number of nitrogens with one attached hydrogen (secondary N) is 1. The highest BCUT2D eigenvalue weighted by Gasteiger charge is 2.29. The number of nitrogens with zero attached hydrogens (tertiary/aromatic N) is 1. The average molecular weight is 283 g/mol. The van der Waals surface area contributed by atoms with Crippen molar-refractivity contribution < 1.29 is 4.74 Å². The number of nitrogens with two attached hydrogens (primary N) is 1. The van der Waals surface area contributed by atoms with Gasteiger partial charge in [0, 0.05) is 17.8 Å².